The number of aryl methyl sites for hydroxylation is 1. The highest BCUT2D eigenvalue weighted by atomic mass is 16.2. The van der Waals surface area contributed by atoms with Gasteiger partial charge in [0.15, 0.2) is 0 Å². The van der Waals surface area contributed by atoms with E-state index in [4.69, 9.17) is 5.26 Å². The van der Waals surface area contributed by atoms with Gasteiger partial charge in [0.25, 0.3) is 0 Å². The number of hydrogen-bond acceptors (Lipinski definition) is 4. The summed E-state index contributed by atoms with van der Waals surface area (Å²) >= 11 is 0. The maximum absolute atomic E-state index is 11.8. The van der Waals surface area contributed by atoms with E-state index in [0.717, 1.165) is 0 Å². The fourth-order valence-electron chi connectivity index (χ4n) is 1.83. The van der Waals surface area contributed by atoms with Crippen molar-refractivity contribution < 1.29 is 9.59 Å². The lowest BCUT2D eigenvalue weighted by atomic mass is 10.2. The van der Waals surface area contributed by atoms with E-state index in [9.17, 15) is 9.59 Å². The van der Waals surface area contributed by atoms with Crippen LogP contribution < -0.4 is 10.6 Å². The molecular weight excluding hydrogens is 282 g/mol. The molecule has 1 aromatic carbocycles. The van der Waals surface area contributed by atoms with Crippen molar-refractivity contribution in [1.29, 1.82) is 5.26 Å². The molecule has 2 rings (SSSR count). The van der Waals surface area contributed by atoms with Gasteiger partial charge in [-0.05, 0) is 18.6 Å². The van der Waals surface area contributed by atoms with Gasteiger partial charge in [-0.15, -0.1) is 0 Å². The maximum Gasteiger partial charge on any atom is 0.313 e. The third-order valence-corrected chi connectivity index (χ3v) is 2.94. The van der Waals surface area contributed by atoms with Gasteiger partial charge >= 0.3 is 11.8 Å². The molecule has 1 aromatic heterocycles. The highest BCUT2D eigenvalue weighted by molar-refractivity contribution is 6.39. The minimum atomic E-state index is -0.787. The first-order valence-corrected chi connectivity index (χ1v) is 6.75. The van der Waals surface area contributed by atoms with Crippen LogP contribution in [0.4, 0.5) is 5.69 Å². The molecule has 0 unspecified atom stereocenters. The molecule has 22 heavy (non-hydrogen) atoms. The van der Waals surface area contributed by atoms with E-state index in [2.05, 4.69) is 15.6 Å². The van der Waals surface area contributed by atoms with Crippen LogP contribution in [0.2, 0.25) is 0 Å². The second-order valence-corrected chi connectivity index (χ2v) is 4.52. The largest absolute Gasteiger partial charge is 0.348 e. The number of aromatic nitrogens is 2. The number of hydrogen-bond donors (Lipinski definition) is 2. The molecule has 0 bridgehead atoms. The number of rotatable bonds is 5. The summed E-state index contributed by atoms with van der Waals surface area (Å²) in [6.07, 6.45) is 5.88. The van der Waals surface area contributed by atoms with Crippen molar-refractivity contribution in [3.05, 3.63) is 48.5 Å². The Morgan fingerprint density at radius 3 is 2.82 bits per heavy atom. The average Bonchev–Trinajstić information content (AvgIpc) is 3.05. The fraction of sp³-hybridized carbons (Fsp3) is 0.200. The Balaban J connectivity index is 1.77. The van der Waals surface area contributed by atoms with E-state index < -0.39 is 11.8 Å². The van der Waals surface area contributed by atoms with E-state index in [0.29, 0.717) is 30.8 Å². The Labute approximate surface area is 127 Å². The predicted molar refractivity (Wildman–Crippen MR) is 79.6 cm³/mol. The monoisotopic (exact) mass is 297 g/mol. The molecule has 7 heteroatoms. The second-order valence-electron chi connectivity index (χ2n) is 4.52. The smallest absolute Gasteiger partial charge is 0.313 e. The van der Waals surface area contributed by atoms with Crippen LogP contribution in [0.1, 0.15) is 12.0 Å². The molecule has 0 atom stereocenters. The molecular formula is C15H15N5O2. The van der Waals surface area contributed by atoms with Crippen LogP contribution in [-0.4, -0.2) is 27.9 Å². The molecule has 0 saturated carbocycles. The summed E-state index contributed by atoms with van der Waals surface area (Å²) in [5.41, 5.74) is 0.632. The molecule has 7 nitrogen and oxygen atoms in total. The number of amides is 2. The van der Waals surface area contributed by atoms with Crippen molar-refractivity contribution in [2.75, 3.05) is 11.9 Å². The molecule has 1 heterocycles. The summed E-state index contributed by atoms with van der Waals surface area (Å²) in [4.78, 5) is 27.4. The van der Waals surface area contributed by atoms with Gasteiger partial charge in [0, 0.05) is 25.5 Å². The Morgan fingerprint density at radius 1 is 1.27 bits per heavy atom. The highest BCUT2D eigenvalue weighted by Gasteiger charge is 2.14. The minimum Gasteiger partial charge on any atom is -0.348 e. The number of carbonyl (C=O) groups is 2. The van der Waals surface area contributed by atoms with E-state index in [-0.39, 0.29) is 0 Å². The number of benzene rings is 1. The zero-order chi connectivity index (χ0) is 15.8. The van der Waals surface area contributed by atoms with Gasteiger partial charge in [-0.3, -0.25) is 9.59 Å². The van der Waals surface area contributed by atoms with Gasteiger partial charge in [0.05, 0.1) is 17.6 Å². The van der Waals surface area contributed by atoms with Gasteiger partial charge in [0.2, 0.25) is 0 Å². The normalized spacial score (nSPS) is 9.77. The van der Waals surface area contributed by atoms with Crippen molar-refractivity contribution in [3.8, 4) is 6.07 Å². The quantitative estimate of drug-likeness (QED) is 0.632. The summed E-state index contributed by atoms with van der Waals surface area (Å²) in [7, 11) is 0. The molecule has 0 saturated heterocycles. The number of nitriles is 1. The second kappa shape index (κ2) is 7.59. The minimum absolute atomic E-state index is 0.309. The van der Waals surface area contributed by atoms with Crippen LogP contribution in [0.15, 0.2) is 43.0 Å². The van der Waals surface area contributed by atoms with Crippen molar-refractivity contribution in [3.63, 3.8) is 0 Å². The van der Waals surface area contributed by atoms with Crippen molar-refractivity contribution in [2.45, 2.75) is 13.0 Å². The molecule has 0 fully saturated rings. The van der Waals surface area contributed by atoms with Crippen LogP contribution in [0, 0.1) is 11.3 Å². The van der Waals surface area contributed by atoms with Crippen molar-refractivity contribution in [1.82, 2.24) is 14.9 Å². The molecule has 2 amide bonds. The molecule has 2 aromatic rings. The standard InChI is InChI=1S/C15H15N5O2/c16-10-12-4-1-2-5-13(12)19-15(22)14(21)18-6-3-8-20-9-7-17-11-20/h1-2,4-5,7,9,11H,3,6,8H2,(H,18,21)(H,19,22). The van der Waals surface area contributed by atoms with Crippen molar-refractivity contribution >= 4 is 17.5 Å². The summed E-state index contributed by atoms with van der Waals surface area (Å²) in [6.45, 7) is 1.09. The Kier molecular flexibility index (Phi) is 5.26. The van der Waals surface area contributed by atoms with E-state index in [1.54, 1.807) is 36.8 Å². The first-order valence-electron chi connectivity index (χ1n) is 6.75. The first kappa shape index (κ1) is 15.3. The Hall–Kier alpha value is -3.14. The number of nitrogens with zero attached hydrogens (tertiary/aromatic N) is 3. The zero-order valence-corrected chi connectivity index (χ0v) is 11.8. The number of nitrogens with one attached hydrogen (secondary N) is 2. The van der Waals surface area contributed by atoms with Gasteiger partial charge in [0.1, 0.15) is 6.07 Å². The Bertz CT molecular complexity index is 688. The van der Waals surface area contributed by atoms with Crippen LogP contribution in [0.3, 0.4) is 0 Å². The fourth-order valence-corrected chi connectivity index (χ4v) is 1.83. The van der Waals surface area contributed by atoms with Gasteiger partial charge in [-0.25, -0.2) is 4.98 Å². The topological polar surface area (TPSA) is 99.8 Å². The molecule has 0 spiro atoms. The lowest BCUT2D eigenvalue weighted by molar-refractivity contribution is -0.136. The van der Waals surface area contributed by atoms with E-state index in [1.165, 1.54) is 0 Å². The van der Waals surface area contributed by atoms with Crippen LogP contribution in [0.25, 0.3) is 0 Å². The number of para-hydroxylation sites is 1. The maximum atomic E-state index is 11.8. The highest BCUT2D eigenvalue weighted by Crippen LogP contribution is 2.13. The SMILES string of the molecule is N#Cc1ccccc1NC(=O)C(=O)NCCCn1ccnc1. The van der Waals surface area contributed by atoms with Crippen LogP contribution in [0.5, 0.6) is 0 Å². The molecule has 0 aliphatic rings. The lowest BCUT2D eigenvalue weighted by Gasteiger charge is -2.07. The number of anilines is 1. The molecule has 2 N–H and O–H groups in total. The van der Waals surface area contributed by atoms with Crippen LogP contribution >= 0.6 is 0 Å². The Morgan fingerprint density at radius 2 is 2.09 bits per heavy atom. The number of carbonyl (C=O) groups excluding carboxylic acids is 2. The van der Waals surface area contributed by atoms with Crippen molar-refractivity contribution in [2.24, 2.45) is 0 Å². The predicted octanol–water partition coefficient (Wildman–Crippen LogP) is 0.900. The van der Waals surface area contributed by atoms with E-state index in [1.807, 2.05) is 16.8 Å². The summed E-state index contributed by atoms with van der Waals surface area (Å²) in [6, 6.07) is 8.46. The first-order chi connectivity index (χ1) is 10.7. The van der Waals surface area contributed by atoms with Gasteiger partial charge in [-0.2, -0.15) is 5.26 Å². The van der Waals surface area contributed by atoms with Gasteiger partial charge in [-0.1, -0.05) is 12.1 Å². The zero-order valence-electron chi connectivity index (χ0n) is 11.8. The molecule has 0 aliphatic carbocycles. The third-order valence-electron chi connectivity index (χ3n) is 2.94. The lowest BCUT2D eigenvalue weighted by Crippen LogP contribution is -2.36. The van der Waals surface area contributed by atoms with Crippen LogP contribution in [-0.2, 0) is 16.1 Å². The van der Waals surface area contributed by atoms with Gasteiger partial charge < -0.3 is 15.2 Å². The molecule has 0 aliphatic heterocycles. The average molecular weight is 297 g/mol. The molecule has 112 valence electrons. The molecule has 0 radical (unpaired) electrons. The third kappa shape index (κ3) is 4.18. The van der Waals surface area contributed by atoms with E-state index >= 15 is 0 Å². The summed E-state index contributed by atoms with van der Waals surface area (Å²) in [5, 5.41) is 13.9. The summed E-state index contributed by atoms with van der Waals surface area (Å²) < 4.78 is 1.88. The summed E-state index contributed by atoms with van der Waals surface area (Å²) in [5.74, 6) is -1.51. The number of imidazole rings is 1.